The first-order valence-corrected chi connectivity index (χ1v) is 5.74. The minimum Gasteiger partial charge on any atom is -0.271 e. The molecule has 0 aliphatic heterocycles. The van der Waals surface area contributed by atoms with Crippen molar-refractivity contribution in [3.63, 3.8) is 0 Å². The Morgan fingerprint density at radius 3 is 2.58 bits per heavy atom. The van der Waals surface area contributed by atoms with Gasteiger partial charge in [-0.15, -0.1) is 0 Å². The van der Waals surface area contributed by atoms with E-state index in [1.807, 2.05) is 6.92 Å². The van der Waals surface area contributed by atoms with E-state index in [0.29, 0.717) is 6.42 Å². The summed E-state index contributed by atoms with van der Waals surface area (Å²) in [6.45, 7) is 1.91. The summed E-state index contributed by atoms with van der Waals surface area (Å²) in [5, 5.41) is 25.4. The standard InChI is InChI=1S/C10H11ClN4O4/c1-2-3-10(11)13-12-8-5-4-7(14(16)17)6-9(8)15(18)19/h4-6,12H,2-3H2,1H3/b13-10+. The Morgan fingerprint density at radius 1 is 1.37 bits per heavy atom. The molecule has 1 aromatic rings. The Bertz CT molecular complexity index is 532. The molecule has 0 atom stereocenters. The molecule has 19 heavy (non-hydrogen) atoms. The first-order valence-electron chi connectivity index (χ1n) is 5.36. The third-order valence-corrected chi connectivity index (χ3v) is 2.42. The van der Waals surface area contributed by atoms with E-state index in [2.05, 4.69) is 10.5 Å². The molecule has 0 saturated carbocycles. The van der Waals surface area contributed by atoms with Crippen LogP contribution in [0.15, 0.2) is 23.3 Å². The van der Waals surface area contributed by atoms with Gasteiger partial charge >= 0.3 is 5.69 Å². The van der Waals surface area contributed by atoms with Gasteiger partial charge in [0.1, 0.15) is 10.9 Å². The van der Waals surface area contributed by atoms with Crippen molar-refractivity contribution < 1.29 is 9.85 Å². The molecule has 8 nitrogen and oxygen atoms in total. The van der Waals surface area contributed by atoms with Crippen molar-refractivity contribution >= 4 is 33.8 Å². The molecular formula is C10H11ClN4O4. The summed E-state index contributed by atoms with van der Waals surface area (Å²) >= 11 is 5.75. The zero-order valence-corrected chi connectivity index (χ0v) is 10.8. The molecule has 0 fully saturated rings. The molecule has 0 saturated heterocycles. The van der Waals surface area contributed by atoms with Gasteiger partial charge in [-0.25, -0.2) is 0 Å². The van der Waals surface area contributed by atoms with E-state index in [0.717, 1.165) is 18.6 Å². The van der Waals surface area contributed by atoms with Crippen LogP contribution in [-0.2, 0) is 0 Å². The highest BCUT2D eigenvalue weighted by Gasteiger charge is 2.19. The quantitative estimate of drug-likeness (QED) is 0.490. The second-order valence-corrected chi connectivity index (χ2v) is 4.00. The fraction of sp³-hybridized carbons (Fsp3) is 0.300. The molecule has 0 bridgehead atoms. The van der Waals surface area contributed by atoms with Gasteiger partial charge in [0.05, 0.1) is 15.9 Å². The number of hydrazone groups is 1. The van der Waals surface area contributed by atoms with Gasteiger partial charge in [0, 0.05) is 12.5 Å². The van der Waals surface area contributed by atoms with E-state index < -0.39 is 15.5 Å². The van der Waals surface area contributed by atoms with Gasteiger partial charge in [-0.3, -0.25) is 25.7 Å². The van der Waals surface area contributed by atoms with Crippen molar-refractivity contribution in [1.29, 1.82) is 0 Å². The number of halogens is 1. The van der Waals surface area contributed by atoms with Crippen LogP contribution in [0.4, 0.5) is 17.1 Å². The maximum Gasteiger partial charge on any atom is 0.301 e. The Morgan fingerprint density at radius 2 is 2.05 bits per heavy atom. The summed E-state index contributed by atoms with van der Waals surface area (Å²) in [4.78, 5) is 20.0. The topological polar surface area (TPSA) is 111 Å². The summed E-state index contributed by atoms with van der Waals surface area (Å²) < 4.78 is 0. The fourth-order valence-electron chi connectivity index (χ4n) is 1.26. The van der Waals surface area contributed by atoms with Crippen LogP contribution in [0.3, 0.4) is 0 Å². The van der Waals surface area contributed by atoms with Crippen molar-refractivity contribution in [2.24, 2.45) is 5.10 Å². The third kappa shape index (κ3) is 4.18. The molecule has 0 radical (unpaired) electrons. The van der Waals surface area contributed by atoms with Gasteiger partial charge < -0.3 is 0 Å². The number of benzene rings is 1. The normalized spacial score (nSPS) is 11.2. The molecule has 0 amide bonds. The van der Waals surface area contributed by atoms with Crippen molar-refractivity contribution in [2.75, 3.05) is 5.43 Å². The number of anilines is 1. The second kappa shape index (κ2) is 6.64. The van der Waals surface area contributed by atoms with E-state index in [-0.39, 0.29) is 16.5 Å². The summed E-state index contributed by atoms with van der Waals surface area (Å²) in [5.41, 5.74) is 1.69. The molecule has 0 heterocycles. The van der Waals surface area contributed by atoms with E-state index in [9.17, 15) is 20.2 Å². The second-order valence-electron chi connectivity index (χ2n) is 3.57. The van der Waals surface area contributed by atoms with Crippen LogP contribution in [-0.4, -0.2) is 15.0 Å². The first kappa shape index (κ1) is 14.8. The van der Waals surface area contributed by atoms with Gasteiger partial charge in [-0.05, 0) is 12.5 Å². The molecular weight excluding hydrogens is 276 g/mol. The molecule has 1 rings (SSSR count). The smallest absolute Gasteiger partial charge is 0.271 e. The van der Waals surface area contributed by atoms with E-state index in [1.54, 1.807) is 0 Å². The van der Waals surface area contributed by atoms with Crippen molar-refractivity contribution in [2.45, 2.75) is 19.8 Å². The number of rotatable bonds is 6. The maximum absolute atomic E-state index is 10.8. The third-order valence-electron chi connectivity index (χ3n) is 2.14. The zero-order valence-electron chi connectivity index (χ0n) is 10.00. The van der Waals surface area contributed by atoms with Crippen LogP contribution in [0.5, 0.6) is 0 Å². The lowest BCUT2D eigenvalue weighted by Gasteiger charge is -2.02. The predicted molar refractivity (Wildman–Crippen MR) is 71.6 cm³/mol. The lowest BCUT2D eigenvalue weighted by Crippen LogP contribution is -2.00. The van der Waals surface area contributed by atoms with Crippen LogP contribution < -0.4 is 5.43 Å². The Balaban J connectivity index is 3.04. The maximum atomic E-state index is 10.8. The summed E-state index contributed by atoms with van der Waals surface area (Å²) in [6.07, 6.45) is 1.32. The molecule has 1 N–H and O–H groups in total. The Labute approximate surface area is 113 Å². The molecule has 0 unspecified atom stereocenters. The number of nitrogens with zero attached hydrogens (tertiary/aromatic N) is 3. The highest BCUT2D eigenvalue weighted by atomic mass is 35.5. The van der Waals surface area contributed by atoms with E-state index >= 15 is 0 Å². The minimum absolute atomic E-state index is 0.0462. The molecule has 102 valence electrons. The van der Waals surface area contributed by atoms with E-state index in [1.165, 1.54) is 6.07 Å². The molecule has 0 spiro atoms. The van der Waals surface area contributed by atoms with Gasteiger partial charge in [-0.1, -0.05) is 18.5 Å². The predicted octanol–water partition coefficient (Wildman–Crippen LogP) is 3.27. The van der Waals surface area contributed by atoms with Crippen molar-refractivity contribution in [3.8, 4) is 0 Å². The highest BCUT2D eigenvalue weighted by molar-refractivity contribution is 6.65. The van der Waals surface area contributed by atoms with Gasteiger partial charge in [0.15, 0.2) is 0 Å². The average molecular weight is 287 g/mol. The van der Waals surface area contributed by atoms with Gasteiger partial charge in [0.2, 0.25) is 0 Å². The van der Waals surface area contributed by atoms with Crippen LogP contribution >= 0.6 is 11.6 Å². The van der Waals surface area contributed by atoms with Crippen LogP contribution in [0.2, 0.25) is 0 Å². The molecule has 1 aromatic carbocycles. The van der Waals surface area contributed by atoms with Gasteiger partial charge in [-0.2, -0.15) is 5.10 Å². The number of hydrogen-bond donors (Lipinski definition) is 1. The minimum atomic E-state index is -0.724. The van der Waals surface area contributed by atoms with E-state index in [4.69, 9.17) is 11.6 Å². The number of non-ortho nitro benzene ring substituents is 1. The van der Waals surface area contributed by atoms with Crippen molar-refractivity contribution in [1.82, 2.24) is 0 Å². The highest BCUT2D eigenvalue weighted by Crippen LogP contribution is 2.28. The monoisotopic (exact) mass is 286 g/mol. The summed E-state index contributed by atoms with van der Waals surface area (Å²) in [6, 6.07) is 3.24. The molecule has 0 aliphatic rings. The number of nitrogens with one attached hydrogen (secondary N) is 1. The summed E-state index contributed by atoms with van der Waals surface area (Å²) in [7, 11) is 0. The lowest BCUT2D eigenvalue weighted by atomic mass is 10.2. The first-order chi connectivity index (χ1) is 8.95. The largest absolute Gasteiger partial charge is 0.301 e. The SMILES string of the molecule is CCC/C(Cl)=N\Nc1ccc([N+](=O)[O-])cc1[N+](=O)[O-]. The van der Waals surface area contributed by atoms with Crippen LogP contribution in [0.1, 0.15) is 19.8 Å². The lowest BCUT2D eigenvalue weighted by molar-refractivity contribution is -0.393. The average Bonchev–Trinajstić information content (AvgIpc) is 2.36. The van der Waals surface area contributed by atoms with Crippen LogP contribution in [0.25, 0.3) is 0 Å². The van der Waals surface area contributed by atoms with Crippen molar-refractivity contribution in [3.05, 3.63) is 38.4 Å². The number of hydrogen-bond acceptors (Lipinski definition) is 6. The van der Waals surface area contributed by atoms with Crippen LogP contribution in [0, 0.1) is 20.2 Å². The number of nitro groups is 2. The molecule has 0 aliphatic carbocycles. The summed E-state index contributed by atoms with van der Waals surface area (Å²) in [5.74, 6) is 0. The number of nitro benzene ring substituents is 2. The molecule has 0 aromatic heterocycles. The Hall–Kier alpha value is -2.22. The Kier molecular flexibility index (Phi) is 5.19. The molecule has 9 heteroatoms. The van der Waals surface area contributed by atoms with Gasteiger partial charge in [0.25, 0.3) is 5.69 Å². The zero-order chi connectivity index (χ0) is 14.4. The fourth-order valence-corrected chi connectivity index (χ4v) is 1.49.